The summed E-state index contributed by atoms with van der Waals surface area (Å²) in [4.78, 5) is 15.6. The van der Waals surface area contributed by atoms with Gasteiger partial charge in [0.1, 0.15) is 0 Å². The van der Waals surface area contributed by atoms with Crippen molar-refractivity contribution < 1.29 is 13.2 Å². The van der Waals surface area contributed by atoms with Crippen molar-refractivity contribution in [2.75, 3.05) is 44.7 Å². The molecular weight excluding hydrogens is 328 g/mol. The van der Waals surface area contributed by atoms with Gasteiger partial charge in [-0.15, -0.1) is 0 Å². The van der Waals surface area contributed by atoms with Crippen LogP contribution >= 0.6 is 0 Å². The molecule has 2 aliphatic rings. The van der Waals surface area contributed by atoms with Crippen LogP contribution in [0.4, 0.5) is 5.69 Å². The maximum Gasteiger partial charge on any atom is 0.279 e. The number of benzene rings is 1. The topological polar surface area (TPSA) is 73.0 Å². The van der Waals surface area contributed by atoms with Gasteiger partial charge in [0.25, 0.3) is 10.2 Å². The number of carbonyl (C=O) groups is 1. The maximum atomic E-state index is 11.9. The normalized spacial score (nSPS) is 19.2. The van der Waals surface area contributed by atoms with E-state index in [1.165, 1.54) is 16.9 Å². The van der Waals surface area contributed by atoms with Crippen LogP contribution in [-0.2, 0) is 28.0 Å². The van der Waals surface area contributed by atoms with Gasteiger partial charge in [-0.3, -0.25) is 4.79 Å². The third-order valence-corrected chi connectivity index (χ3v) is 6.36. The number of rotatable bonds is 3. The number of piperazine rings is 1. The molecule has 24 heavy (non-hydrogen) atoms. The summed E-state index contributed by atoms with van der Waals surface area (Å²) in [5.41, 5.74) is 3.43. The molecule has 1 saturated heterocycles. The summed E-state index contributed by atoms with van der Waals surface area (Å²) in [6, 6.07) is 6.25. The number of anilines is 1. The number of fused-ring (bicyclic) bond motifs is 1. The van der Waals surface area contributed by atoms with Gasteiger partial charge in [0.05, 0.1) is 0 Å². The highest BCUT2D eigenvalue weighted by Gasteiger charge is 2.26. The van der Waals surface area contributed by atoms with Gasteiger partial charge >= 0.3 is 0 Å². The lowest BCUT2D eigenvalue weighted by atomic mass is 10.00. The van der Waals surface area contributed by atoms with E-state index in [9.17, 15) is 13.2 Å². The molecule has 0 atom stereocenters. The minimum atomic E-state index is -3.37. The van der Waals surface area contributed by atoms with Gasteiger partial charge in [0, 0.05) is 58.9 Å². The molecule has 2 aliphatic heterocycles. The van der Waals surface area contributed by atoms with Crippen molar-refractivity contribution >= 4 is 21.8 Å². The third-order valence-electron chi connectivity index (χ3n) is 4.86. The largest absolute Gasteiger partial charge is 0.368 e. The molecule has 0 saturated carbocycles. The van der Waals surface area contributed by atoms with Gasteiger partial charge in [0.15, 0.2) is 0 Å². The Kier molecular flexibility index (Phi) is 4.80. The lowest BCUT2D eigenvalue weighted by Crippen LogP contribution is -2.48. The Hall–Kier alpha value is -1.64. The van der Waals surface area contributed by atoms with E-state index >= 15 is 0 Å². The first-order valence-electron chi connectivity index (χ1n) is 8.21. The van der Waals surface area contributed by atoms with Crippen LogP contribution in [-0.4, -0.2) is 63.3 Å². The molecule has 1 fully saturated rings. The molecule has 1 N–H and O–H groups in total. The molecule has 7 nitrogen and oxygen atoms in total. The predicted molar refractivity (Wildman–Crippen MR) is 93.0 cm³/mol. The molecule has 0 aliphatic carbocycles. The van der Waals surface area contributed by atoms with Gasteiger partial charge in [-0.1, -0.05) is 6.07 Å². The van der Waals surface area contributed by atoms with Crippen molar-refractivity contribution in [1.82, 2.24) is 13.9 Å². The number of nitrogens with zero attached hydrogens (tertiary/aromatic N) is 3. The van der Waals surface area contributed by atoms with Crippen LogP contribution in [0.15, 0.2) is 18.2 Å². The Balaban J connectivity index is 1.71. The van der Waals surface area contributed by atoms with E-state index in [1.807, 2.05) is 11.0 Å². The zero-order valence-electron chi connectivity index (χ0n) is 14.2. The first kappa shape index (κ1) is 17.2. The van der Waals surface area contributed by atoms with E-state index in [-0.39, 0.29) is 5.91 Å². The Bertz CT molecular complexity index is 727. The van der Waals surface area contributed by atoms with Crippen LogP contribution in [0.5, 0.6) is 0 Å². The number of nitrogens with one attached hydrogen (secondary N) is 1. The monoisotopic (exact) mass is 352 g/mol. The second-order valence-electron chi connectivity index (χ2n) is 6.24. The van der Waals surface area contributed by atoms with Gasteiger partial charge in [-0.05, 0) is 29.7 Å². The molecule has 0 radical (unpaired) electrons. The van der Waals surface area contributed by atoms with Gasteiger partial charge in [0.2, 0.25) is 5.91 Å². The van der Waals surface area contributed by atoms with Crippen LogP contribution in [0, 0.1) is 0 Å². The SMILES string of the molecule is CNS(=O)(=O)N1CCc2cc(N3CCN(C(C)=O)CC3)ccc2C1. The lowest BCUT2D eigenvalue weighted by molar-refractivity contribution is -0.129. The Morgan fingerprint density at radius 2 is 1.79 bits per heavy atom. The molecule has 3 rings (SSSR count). The average molecular weight is 352 g/mol. The molecule has 8 heteroatoms. The molecule has 2 heterocycles. The Morgan fingerprint density at radius 3 is 2.42 bits per heavy atom. The minimum Gasteiger partial charge on any atom is -0.368 e. The Morgan fingerprint density at radius 1 is 1.08 bits per heavy atom. The van der Waals surface area contributed by atoms with E-state index in [4.69, 9.17) is 0 Å². The van der Waals surface area contributed by atoms with E-state index in [0.29, 0.717) is 13.1 Å². The van der Waals surface area contributed by atoms with Crippen LogP contribution in [0.25, 0.3) is 0 Å². The number of hydrogen-bond donors (Lipinski definition) is 1. The summed E-state index contributed by atoms with van der Waals surface area (Å²) >= 11 is 0. The molecule has 0 spiro atoms. The first-order chi connectivity index (χ1) is 11.4. The van der Waals surface area contributed by atoms with Gasteiger partial charge in [-0.2, -0.15) is 12.7 Å². The van der Waals surface area contributed by atoms with Crippen molar-refractivity contribution in [2.24, 2.45) is 0 Å². The molecule has 1 amide bonds. The highest BCUT2D eigenvalue weighted by Crippen LogP contribution is 2.26. The third kappa shape index (κ3) is 3.40. The van der Waals surface area contributed by atoms with Gasteiger partial charge < -0.3 is 9.80 Å². The fraction of sp³-hybridized carbons (Fsp3) is 0.562. The quantitative estimate of drug-likeness (QED) is 0.842. The summed E-state index contributed by atoms with van der Waals surface area (Å²) in [7, 11) is -1.93. The second kappa shape index (κ2) is 6.70. The zero-order chi connectivity index (χ0) is 17.3. The molecule has 0 unspecified atom stereocenters. The van der Waals surface area contributed by atoms with E-state index in [1.54, 1.807) is 6.92 Å². The molecule has 0 bridgehead atoms. The van der Waals surface area contributed by atoms with Crippen molar-refractivity contribution in [1.29, 1.82) is 0 Å². The first-order valence-corrected chi connectivity index (χ1v) is 9.65. The van der Waals surface area contributed by atoms with Crippen LogP contribution in [0.3, 0.4) is 0 Å². The van der Waals surface area contributed by atoms with Crippen LogP contribution in [0.2, 0.25) is 0 Å². The maximum absolute atomic E-state index is 11.9. The van der Waals surface area contributed by atoms with Crippen LogP contribution in [0.1, 0.15) is 18.1 Å². The summed E-state index contributed by atoms with van der Waals surface area (Å²) < 4.78 is 27.7. The Labute approximate surface area is 143 Å². The standard InChI is InChI=1S/C16H24N4O3S/c1-13(21)18-7-9-19(10-8-18)16-4-3-15-12-20(24(22,23)17-2)6-5-14(15)11-16/h3-4,11,17H,5-10,12H2,1-2H3. The summed E-state index contributed by atoms with van der Waals surface area (Å²) in [6.45, 7) is 5.69. The van der Waals surface area contributed by atoms with Crippen molar-refractivity contribution in [3.05, 3.63) is 29.3 Å². The molecular formula is C16H24N4O3S. The smallest absolute Gasteiger partial charge is 0.279 e. The predicted octanol–water partition coefficient (Wildman–Crippen LogP) is 0.177. The minimum absolute atomic E-state index is 0.130. The van der Waals surface area contributed by atoms with E-state index in [2.05, 4.69) is 21.8 Å². The van der Waals surface area contributed by atoms with Crippen molar-refractivity contribution in [3.63, 3.8) is 0 Å². The number of hydrogen-bond acceptors (Lipinski definition) is 4. The molecule has 0 aromatic heterocycles. The van der Waals surface area contributed by atoms with E-state index in [0.717, 1.165) is 43.9 Å². The van der Waals surface area contributed by atoms with Crippen molar-refractivity contribution in [2.45, 2.75) is 19.9 Å². The molecule has 132 valence electrons. The summed E-state index contributed by atoms with van der Waals surface area (Å²) in [5, 5.41) is 0. The van der Waals surface area contributed by atoms with Crippen molar-refractivity contribution in [3.8, 4) is 0 Å². The molecule has 1 aromatic carbocycles. The number of amides is 1. The lowest BCUT2D eigenvalue weighted by Gasteiger charge is -2.36. The fourth-order valence-corrected chi connectivity index (χ4v) is 4.22. The fourth-order valence-electron chi connectivity index (χ4n) is 3.32. The summed E-state index contributed by atoms with van der Waals surface area (Å²) in [5.74, 6) is 0.130. The van der Waals surface area contributed by atoms with Crippen LogP contribution < -0.4 is 9.62 Å². The van der Waals surface area contributed by atoms with Gasteiger partial charge in [-0.25, -0.2) is 4.72 Å². The highest BCUT2D eigenvalue weighted by molar-refractivity contribution is 7.87. The molecule has 1 aromatic rings. The highest BCUT2D eigenvalue weighted by atomic mass is 32.2. The average Bonchev–Trinajstić information content (AvgIpc) is 2.60. The number of carbonyl (C=O) groups excluding carboxylic acids is 1. The van der Waals surface area contributed by atoms with E-state index < -0.39 is 10.2 Å². The summed E-state index contributed by atoms with van der Waals surface area (Å²) in [6.07, 6.45) is 0.720. The second-order valence-corrected chi connectivity index (χ2v) is 8.11. The zero-order valence-corrected chi connectivity index (χ0v) is 15.0.